The number of anilines is 1. The standard InChI is InChI=1S/C28H32N2O3/c1-19(2)22-7-5-6-21(14-22)15-27(31)23-9-8-20(3)25(16-23)24-17-26(28(32)29(4)18-24)30-10-12-33-13-11-30/h5-9,14,16-19H,10-13,15H2,1-4H3. The molecule has 4 rings (SSSR count). The lowest BCUT2D eigenvalue weighted by Gasteiger charge is -2.29. The summed E-state index contributed by atoms with van der Waals surface area (Å²) in [5, 5.41) is 0. The average Bonchev–Trinajstić information content (AvgIpc) is 2.81. The molecule has 0 bridgehead atoms. The van der Waals surface area contributed by atoms with Gasteiger partial charge in [0.2, 0.25) is 0 Å². The predicted octanol–water partition coefficient (Wildman–Crippen LogP) is 4.75. The quantitative estimate of drug-likeness (QED) is 0.515. The van der Waals surface area contributed by atoms with Gasteiger partial charge in [0.25, 0.3) is 5.56 Å². The van der Waals surface area contributed by atoms with E-state index in [-0.39, 0.29) is 11.3 Å². The lowest BCUT2D eigenvalue weighted by molar-refractivity contribution is 0.0993. The maximum absolute atomic E-state index is 13.1. The first kappa shape index (κ1) is 23.0. The van der Waals surface area contributed by atoms with E-state index in [0.29, 0.717) is 49.9 Å². The van der Waals surface area contributed by atoms with E-state index in [4.69, 9.17) is 4.74 Å². The third-order valence-corrected chi connectivity index (χ3v) is 6.37. The van der Waals surface area contributed by atoms with Crippen LogP contribution in [0.3, 0.4) is 0 Å². The molecule has 0 radical (unpaired) electrons. The van der Waals surface area contributed by atoms with Crippen LogP contribution in [0.1, 0.15) is 46.8 Å². The molecule has 5 heteroatoms. The maximum atomic E-state index is 13.1. The number of morpholine rings is 1. The Bertz CT molecular complexity index is 1220. The fraction of sp³-hybridized carbons (Fsp3) is 0.357. The van der Waals surface area contributed by atoms with Crippen LogP contribution in [0.5, 0.6) is 0 Å². The Morgan fingerprint density at radius 3 is 2.55 bits per heavy atom. The van der Waals surface area contributed by atoms with Gasteiger partial charge < -0.3 is 14.2 Å². The van der Waals surface area contributed by atoms with Crippen molar-refractivity contribution in [1.29, 1.82) is 0 Å². The number of rotatable bonds is 6. The number of nitrogens with zero attached hydrogens (tertiary/aromatic N) is 2. The number of hydrogen-bond acceptors (Lipinski definition) is 4. The fourth-order valence-corrected chi connectivity index (χ4v) is 4.33. The molecule has 172 valence electrons. The van der Waals surface area contributed by atoms with Crippen molar-refractivity contribution in [2.45, 2.75) is 33.1 Å². The highest BCUT2D eigenvalue weighted by molar-refractivity contribution is 5.98. The van der Waals surface area contributed by atoms with Gasteiger partial charge in [-0.2, -0.15) is 0 Å². The topological polar surface area (TPSA) is 51.5 Å². The smallest absolute Gasteiger partial charge is 0.273 e. The highest BCUT2D eigenvalue weighted by Gasteiger charge is 2.18. The lowest BCUT2D eigenvalue weighted by atomic mass is 9.94. The van der Waals surface area contributed by atoms with Crippen LogP contribution in [0, 0.1) is 6.92 Å². The lowest BCUT2D eigenvalue weighted by Crippen LogP contribution is -2.40. The zero-order valence-electron chi connectivity index (χ0n) is 19.9. The average molecular weight is 445 g/mol. The van der Waals surface area contributed by atoms with Crippen molar-refractivity contribution in [2.24, 2.45) is 7.05 Å². The molecule has 2 aromatic carbocycles. The summed E-state index contributed by atoms with van der Waals surface area (Å²) in [4.78, 5) is 28.0. The van der Waals surface area contributed by atoms with E-state index in [1.165, 1.54) is 5.56 Å². The van der Waals surface area contributed by atoms with Crippen molar-refractivity contribution < 1.29 is 9.53 Å². The maximum Gasteiger partial charge on any atom is 0.273 e. The van der Waals surface area contributed by atoms with E-state index in [2.05, 4.69) is 30.9 Å². The number of benzene rings is 2. The molecule has 0 N–H and O–H groups in total. The zero-order chi connectivity index (χ0) is 23.5. The Hall–Kier alpha value is -3.18. The highest BCUT2D eigenvalue weighted by Crippen LogP contribution is 2.27. The predicted molar refractivity (Wildman–Crippen MR) is 133 cm³/mol. The number of ketones is 1. The summed E-state index contributed by atoms with van der Waals surface area (Å²) in [7, 11) is 1.78. The van der Waals surface area contributed by atoms with Crippen molar-refractivity contribution in [3.05, 3.63) is 87.3 Å². The van der Waals surface area contributed by atoms with Gasteiger partial charge in [0.05, 0.1) is 13.2 Å². The van der Waals surface area contributed by atoms with Gasteiger partial charge in [-0.1, -0.05) is 50.2 Å². The second-order valence-electron chi connectivity index (χ2n) is 9.16. The van der Waals surface area contributed by atoms with Crippen molar-refractivity contribution in [1.82, 2.24) is 4.57 Å². The second-order valence-corrected chi connectivity index (χ2v) is 9.16. The summed E-state index contributed by atoms with van der Waals surface area (Å²) in [6, 6.07) is 16.1. The van der Waals surface area contributed by atoms with Crippen LogP contribution < -0.4 is 10.5 Å². The van der Waals surface area contributed by atoms with E-state index in [9.17, 15) is 9.59 Å². The number of carbonyl (C=O) groups excluding carboxylic acids is 1. The summed E-state index contributed by atoms with van der Waals surface area (Å²) >= 11 is 0. The molecule has 0 spiro atoms. The summed E-state index contributed by atoms with van der Waals surface area (Å²) in [5.74, 6) is 0.520. The molecule has 1 aliphatic rings. The Morgan fingerprint density at radius 1 is 1.06 bits per heavy atom. The Labute approximate surface area is 195 Å². The molecule has 5 nitrogen and oxygen atoms in total. The van der Waals surface area contributed by atoms with Gasteiger partial charge in [-0.05, 0) is 47.2 Å². The molecule has 0 saturated carbocycles. The largest absolute Gasteiger partial charge is 0.378 e. The van der Waals surface area contributed by atoms with Crippen LogP contribution >= 0.6 is 0 Å². The molecule has 0 aliphatic carbocycles. The zero-order valence-corrected chi connectivity index (χ0v) is 19.9. The van der Waals surface area contributed by atoms with Gasteiger partial charge in [0, 0.05) is 43.9 Å². The minimum atomic E-state index is -0.0180. The van der Waals surface area contributed by atoms with E-state index in [1.807, 2.05) is 49.5 Å². The molecule has 0 amide bonds. The summed E-state index contributed by atoms with van der Waals surface area (Å²) in [6.07, 6.45) is 2.23. The molecule has 1 aromatic heterocycles. The molecule has 1 aliphatic heterocycles. The monoisotopic (exact) mass is 444 g/mol. The molecule has 0 unspecified atom stereocenters. The van der Waals surface area contributed by atoms with Crippen LogP contribution in [0.4, 0.5) is 5.69 Å². The van der Waals surface area contributed by atoms with Crippen LogP contribution in [0.2, 0.25) is 0 Å². The SMILES string of the molecule is Cc1ccc(C(=O)Cc2cccc(C(C)C)c2)cc1-c1cc(N2CCOCC2)c(=O)n(C)c1. The molecule has 0 atom stereocenters. The first-order valence-corrected chi connectivity index (χ1v) is 11.6. The van der Waals surface area contributed by atoms with Crippen LogP contribution in [-0.4, -0.2) is 36.7 Å². The molecule has 3 aromatic rings. The van der Waals surface area contributed by atoms with E-state index >= 15 is 0 Å². The summed E-state index contributed by atoms with van der Waals surface area (Å²) < 4.78 is 7.08. The summed E-state index contributed by atoms with van der Waals surface area (Å²) in [6.45, 7) is 8.99. The minimum absolute atomic E-state index is 0.0180. The van der Waals surface area contributed by atoms with Gasteiger partial charge in [-0.15, -0.1) is 0 Å². The van der Waals surface area contributed by atoms with Crippen LogP contribution in [-0.2, 0) is 18.2 Å². The Balaban J connectivity index is 1.66. The van der Waals surface area contributed by atoms with Gasteiger partial charge in [0.1, 0.15) is 5.69 Å². The Kier molecular flexibility index (Phi) is 6.80. The molecule has 2 heterocycles. The third kappa shape index (κ3) is 5.09. The number of carbonyl (C=O) groups is 1. The van der Waals surface area contributed by atoms with Crippen molar-refractivity contribution in [2.75, 3.05) is 31.2 Å². The highest BCUT2D eigenvalue weighted by atomic mass is 16.5. The molecular weight excluding hydrogens is 412 g/mol. The van der Waals surface area contributed by atoms with Crippen LogP contribution in [0.25, 0.3) is 11.1 Å². The molecule has 1 fully saturated rings. The third-order valence-electron chi connectivity index (χ3n) is 6.37. The first-order chi connectivity index (χ1) is 15.8. The number of pyridine rings is 1. The molecule has 1 saturated heterocycles. The number of hydrogen-bond donors (Lipinski definition) is 0. The van der Waals surface area contributed by atoms with Crippen LogP contribution in [0.15, 0.2) is 59.5 Å². The van der Waals surface area contributed by atoms with E-state index in [1.54, 1.807) is 11.6 Å². The molecule has 33 heavy (non-hydrogen) atoms. The van der Waals surface area contributed by atoms with E-state index in [0.717, 1.165) is 22.3 Å². The molecular formula is C28H32N2O3. The van der Waals surface area contributed by atoms with Gasteiger partial charge in [-0.3, -0.25) is 9.59 Å². The van der Waals surface area contributed by atoms with Gasteiger partial charge in [-0.25, -0.2) is 0 Å². The number of aryl methyl sites for hydroxylation is 2. The van der Waals surface area contributed by atoms with Crippen molar-refractivity contribution in [3.63, 3.8) is 0 Å². The second kappa shape index (κ2) is 9.75. The van der Waals surface area contributed by atoms with Crippen molar-refractivity contribution >= 4 is 11.5 Å². The van der Waals surface area contributed by atoms with Crippen molar-refractivity contribution in [3.8, 4) is 11.1 Å². The number of Topliss-reactive ketones (excluding diaryl/α,β-unsaturated/α-hetero) is 1. The van der Waals surface area contributed by atoms with E-state index < -0.39 is 0 Å². The normalized spacial score (nSPS) is 14.0. The number of ether oxygens (including phenoxy) is 1. The summed E-state index contributed by atoms with van der Waals surface area (Å²) in [5.41, 5.74) is 6.60. The van der Waals surface area contributed by atoms with Gasteiger partial charge >= 0.3 is 0 Å². The Morgan fingerprint density at radius 2 is 1.82 bits per heavy atom. The minimum Gasteiger partial charge on any atom is -0.378 e. The number of aromatic nitrogens is 1. The first-order valence-electron chi connectivity index (χ1n) is 11.6. The fourth-order valence-electron chi connectivity index (χ4n) is 4.33. The van der Waals surface area contributed by atoms with Gasteiger partial charge in [0.15, 0.2) is 5.78 Å².